The number of imide groups is 1. The Balaban J connectivity index is 1.86. The van der Waals surface area contributed by atoms with E-state index in [0.717, 1.165) is 0 Å². The molecule has 6 nitrogen and oxygen atoms in total. The van der Waals surface area contributed by atoms with Crippen LogP contribution >= 0.6 is 11.6 Å². The summed E-state index contributed by atoms with van der Waals surface area (Å²) in [6.45, 7) is 1.80. The predicted molar refractivity (Wildman–Crippen MR) is 80.2 cm³/mol. The van der Waals surface area contributed by atoms with E-state index in [2.05, 4.69) is 10.6 Å². The molecule has 2 saturated heterocycles. The predicted octanol–water partition coefficient (Wildman–Crippen LogP) is 1.60. The summed E-state index contributed by atoms with van der Waals surface area (Å²) in [6, 6.07) is 5.13. The quantitative estimate of drug-likeness (QED) is 0.812. The zero-order valence-corrected chi connectivity index (χ0v) is 12.8. The molecule has 0 radical (unpaired) electrons. The second-order valence-corrected chi connectivity index (χ2v) is 5.98. The molecule has 2 aliphatic heterocycles. The number of benzene rings is 1. The minimum atomic E-state index is -0.772. The van der Waals surface area contributed by atoms with Gasteiger partial charge in [-0.05, 0) is 19.4 Å². The summed E-state index contributed by atoms with van der Waals surface area (Å²) in [5, 5.41) is 5.89. The molecule has 0 spiro atoms. The Morgan fingerprint density at radius 3 is 2.59 bits per heavy atom. The van der Waals surface area contributed by atoms with Crippen molar-refractivity contribution < 1.29 is 14.4 Å². The molecule has 22 heavy (non-hydrogen) atoms. The molecule has 2 N–H and O–H groups in total. The van der Waals surface area contributed by atoms with Crippen LogP contribution in [-0.2, 0) is 9.59 Å². The third kappa shape index (κ3) is 2.43. The van der Waals surface area contributed by atoms with Crippen LogP contribution in [0.1, 0.15) is 31.4 Å². The molecule has 0 bridgehead atoms. The van der Waals surface area contributed by atoms with Crippen molar-refractivity contribution in [2.24, 2.45) is 0 Å². The maximum atomic E-state index is 12.7. The largest absolute Gasteiger partial charge is 0.352 e. The normalized spacial score (nSPS) is 28.5. The fraction of sp³-hybridized carbons (Fsp3) is 0.400. The highest BCUT2D eigenvalue weighted by Gasteiger charge is 2.46. The maximum absolute atomic E-state index is 12.7. The number of carbonyl (C=O) groups is 3. The highest BCUT2D eigenvalue weighted by molar-refractivity contribution is 6.31. The molecule has 0 saturated carbocycles. The first-order valence-electron chi connectivity index (χ1n) is 7.16. The van der Waals surface area contributed by atoms with Gasteiger partial charge < -0.3 is 10.6 Å². The first kappa shape index (κ1) is 14.8. The Morgan fingerprint density at radius 2 is 1.91 bits per heavy atom. The van der Waals surface area contributed by atoms with Crippen LogP contribution in [0, 0.1) is 0 Å². The van der Waals surface area contributed by atoms with Crippen LogP contribution in [0.25, 0.3) is 0 Å². The molecule has 3 unspecified atom stereocenters. The number of amides is 4. The van der Waals surface area contributed by atoms with E-state index in [0.29, 0.717) is 23.4 Å². The van der Waals surface area contributed by atoms with Crippen LogP contribution in [-0.4, -0.2) is 34.8 Å². The third-order valence-corrected chi connectivity index (χ3v) is 4.50. The number of nitrogens with zero attached hydrogens (tertiary/aromatic N) is 1. The minimum absolute atomic E-state index is 0.0570. The molecule has 4 amide bonds. The second kappa shape index (κ2) is 5.61. The van der Waals surface area contributed by atoms with Gasteiger partial charge in [0, 0.05) is 23.0 Å². The number of nitrogens with one attached hydrogen (secondary N) is 2. The lowest BCUT2D eigenvalue weighted by Crippen LogP contribution is -2.56. The topological polar surface area (TPSA) is 78.5 Å². The number of hydrogen-bond donors (Lipinski definition) is 2. The van der Waals surface area contributed by atoms with Crippen molar-refractivity contribution in [1.29, 1.82) is 0 Å². The number of urea groups is 1. The van der Waals surface area contributed by atoms with Crippen LogP contribution in [0.15, 0.2) is 24.3 Å². The average Bonchev–Trinajstić information content (AvgIpc) is 2.75. The summed E-state index contributed by atoms with van der Waals surface area (Å²) in [4.78, 5) is 37.5. The van der Waals surface area contributed by atoms with Gasteiger partial charge in [-0.2, -0.15) is 0 Å². The zero-order chi connectivity index (χ0) is 15.9. The van der Waals surface area contributed by atoms with E-state index < -0.39 is 12.1 Å². The first-order chi connectivity index (χ1) is 10.5. The van der Waals surface area contributed by atoms with Crippen molar-refractivity contribution in [2.45, 2.75) is 37.9 Å². The van der Waals surface area contributed by atoms with Gasteiger partial charge >= 0.3 is 6.03 Å². The lowest BCUT2D eigenvalue weighted by Gasteiger charge is -2.34. The van der Waals surface area contributed by atoms with Crippen molar-refractivity contribution in [3.05, 3.63) is 34.9 Å². The SMILES string of the molecule is CC1NC(=O)CCC1N1C(=O)NC(c2ccccc2Cl)C1=O. The Bertz CT molecular complexity index is 649. The molecule has 3 atom stereocenters. The molecule has 3 rings (SSSR count). The van der Waals surface area contributed by atoms with Gasteiger partial charge in [0.25, 0.3) is 5.91 Å². The molecular weight excluding hydrogens is 306 g/mol. The first-order valence-corrected chi connectivity index (χ1v) is 7.54. The van der Waals surface area contributed by atoms with Crippen LogP contribution in [0.4, 0.5) is 4.79 Å². The molecule has 2 fully saturated rings. The Kier molecular flexibility index (Phi) is 3.78. The monoisotopic (exact) mass is 321 g/mol. The summed E-state index contributed by atoms with van der Waals surface area (Å²) >= 11 is 6.12. The van der Waals surface area contributed by atoms with Crippen LogP contribution in [0.2, 0.25) is 5.02 Å². The van der Waals surface area contributed by atoms with Gasteiger partial charge in [-0.1, -0.05) is 29.8 Å². The molecule has 1 aromatic rings. The molecule has 0 aromatic heterocycles. The van der Waals surface area contributed by atoms with Crippen LogP contribution in [0.5, 0.6) is 0 Å². The second-order valence-electron chi connectivity index (χ2n) is 5.57. The Labute approximate surface area is 132 Å². The van der Waals surface area contributed by atoms with Crippen molar-refractivity contribution in [3.8, 4) is 0 Å². The standard InChI is InChI=1S/C15H16ClN3O3/c1-8-11(6-7-12(20)17-8)19-14(21)13(18-15(19)22)9-4-2-3-5-10(9)16/h2-5,8,11,13H,6-7H2,1H3,(H,17,20)(H,18,22). The molecule has 2 heterocycles. The Hall–Kier alpha value is -2.08. The Morgan fingerprint density at radius 1 is 1.18 bits per heavy atom. The molecule has 1 aromatic carbocycles. The van der Waals surface area contributed by atoms with Crippen molar-refractivity contribution in [2.75, 3.05) is 0 Å². The summed E-state index contributed by atoms with van der Waals surface area (Å²) < 4.78 is 0. The molecule has 7 heteroatoms. The molecule has 2 aliphatic rings. The average molecular weight is 322 g/mol. The fourth-order valence-corrected chi connectivity index (χ4v) is 3.28. The minimum Gasteiger partial charge on any atom is -0.352 e. The third-order valence-electron chi connectivity index (χ3n) is 4.15. The smallest absolute Gasteiger partial charge is 0.325 e. The van der Waals surface area contributed by atoms with Crippen LogP contribution in [0.3, 0.4) is 0 Å². The van der Waals surface area contributed by atoms with Gasteiger partial charge in [-0.25, -0.2) is 4.79 Å². The van der Waals surface area contributed by atoms with E-state index in [1.807, 2.05) is 0 Å². The summed E-state index contributed by atoms with van der Waals surface area (Å²) in [5.74, 6) is -0.385. The highest BCUT2D eigenvalue weighted by atomic mass is 35.5. The van der Waals surface area contributed by atoms with Gasteiger partial charge in [-0.3, -0.25) is 14.5 Å². The highest BCUT2D eigenvalue weighted by Crippen LogP contribution is 2.30. The molecule has 0 aliphatic carbocycles. The van der Waals surface area contributed by atoms with Crippen molar-refractivity contribution >= 4 is 29.4 Å². The summed E-state index contributed by atoms with van der Waals surface area (Å²) in [5.41, 5.74) is 0.581. The summed E-state index contributed by atoms with van der Waals surface area (Å²) in [6.07, 6.45) is 0.782. The van der Waals surface area contributed by atoms with Crippen molar-refractivity contribution in [1.82, 2.24) is 15.5 Å². The van der Waals surface area contributed by atoms with Gasteiger partial charge in [0.2, 0.25) is 5.91 Å². The zero-order valence-electron chi connectivity index (χ0n) is 12.0. The van der Waals surface area contributed by atoms with E-state index in [1.54, 1.807) is 31.2 Å². The van der Waals surface area contributed by atoms with E-state index in [9.17, 15) is 14.4 Å². The molecular formula is C15H16ClN3O3. The lowest BCUT2D eigenvalue weighted by atomic mass is 9.97. The number of hydrogen-bond acceptors (Lipinski definition) is 3. The van der Waals surface area contributed by atoms with Crippen LogP contribution < -0.4 is 10.6 Å². The summed E-state index contributed by atoms with van der Waals surface area (Å²) in [7, 11) is 0. The number of halogens is 1. The lowest BCUT2D eigenvalue weighted by molar-refractivity contribution is -0.133. The number of carbonyl (C=O) groups excluding carboxylic acids is 3. The van der Waals surface area contributed by atoms with E-state index in [4.69, 9.17) is 11.6 Å². The van der Waals surface area contributed by atoms with Crippen molar-refractivity contribution in [3.63, 3.8) is 0 Å². The maximum Gasteiger partial charge on any atom is 0.325 e. The number of piperidine rings is 1. The van der Waals surface area contributed by atoms with E-state index in [-0.39, 0.29) is 23.9 Å². The van der Waals surface area contributed by atoms with Gasteiger partial charge in [-0.15, -0.1) is 0 Å². The van der Waals surface area contributed by atoms with Gasteiger partial charge in [0.05, 0.1) is 6.04 Å². The van der Waals surface area contributed by atoms with Gasteiger partial charge in [0.15, 0.2) is 0 Å². The number of rotatable bonds is 2. The van der Waals surface area contributed by atoms with E-state index in [1.165, 1.54) is 4.90 Å². The van der Waals surface area contributed by atoms with E-state index >= 15 is 0 Å². The van der Waals surface area contributed by atoms with Gasteiger partial charge in [0.1, 0.15) is 6.04 Å². The fourth-order valence-electron chi connectivity index (χ4n) is 3.03. The molecule has 116 valence electrons.